The molecule has 0 heterocycles. The highest BCUT2D eigenvalue weighted by Crippen LogP contribution is 2.03. The third-order valence-electron chi connectivity index (χ3n) is 2.17. The lowest BCUT2D eigenvalue weighted by molar-refractivity contribution is -0.143. The molecule has 2 heteroatoms. The van der Waals surface area contributed by atoms with E-state index in [1.165, 1.54) is 0 Å². The van der Waals surface area contributed by atoms with Crippen LogP contribution in [0.5, 0.6) is 0 Å². The van der Waals surface area contributed by atoms with Gasteiger partial charge in [-0.3, -0.25) is 4.79 Å². The fraction of sp³-hybridized carbons (Fsp3) is 0.769. The molecule has 0 saturated carbocycles. The van der Waals surface area contributed by atoms with Crippen molar-refractivity contribution in [1.82, 2.24) is 0 Å². The zero-order chi connectivity index (χ0) is 11.4. The van der Waals surface area contributed by atoms with Gasteiger partial charge in [-0.1, -0.05) is 32.4 Å². The van der Waals surface area contributed by atoms with Gasteiger partial charge in [0.15, 0.2) is 0 Å². The molecule has 0 spiro atoms. The molecule has 0 aromatic heterocycles. The molecule has 0 aromatic rings. The van der Waals surface area contributed by atoms with E-state index in [9.17, 15) is 4.79 Å². The minimum absolute atomic E-state index is 0.0390. The van der Waals surface area contributed by atoms with E-state index in [2.05, 4.69) is 26.0 Å². The summed E-state index contributed by atoms with van der Waals surface area (Å²) in [4.78, 5) is 11.2. The molecule has 0 amide bonds. The van der Waals surface area contributed by atoms with Crippen LogP contribution in [0.1, 0.15) is 58.8 Å². The van der Waals surface area contributed by atoms with Crippen LogP contribution < -0.4 is 0 Å². The van der Waals surface area contributed by atoms with E-state index in [1.54, 1.807) is 0 Å². The highest BCUT2D eigenvalue weighted by atomic mass is 16.5. The molecule has 0 aliphatic carbocycles. The molecule has 0 aliphatic rings. The molecule has 0 unspecified atom stereocenters. The van der Waals surface area contributed by atoms with Gasteiger partial charge in [0.25, 0.3) is 0 Å². The number of rotatable bonds is 9. The second-order valence-electron chi connectivity index (χ2n) is 3.70. The molecular weight excluding hydrogens is 188 g/mol. The number of carbonyl (C=O) groups excluding carboxylic acids is 1. The predicted octanol–water partition coefficient (Wildman–Crippen LogP) is 3.86. The zero-order valence-corrected chi connectivity index (χ0v) is 10.1. The van der Waals surface area contributed by atoms with Crippen LogP contribution in [0.25, 0.3) is 0 Å². The standard InChI is InChI=1S/C13H24O2/c1-3-5-7-8-9-10-11-13(14)15-12-6-4-2/h5,7H,3-4,6,8-12H2,1-2H3/b7-5+. The van der Waals surface area contributed by atoms with Gasteiger partial charge in [0.1, 0.15) is 0 Å². The first-order chi connectivity index (χ1) is 7.31. The second-order valence-corrected chi connectivity index (χ2v) is 3.70. The van der Waals surface area contributed by atoms with Crippen molar-refractivity contribution < 1.29 is 9.53 Å². The lowest BCUT2D eigenvalue weighted by atomic mass is 10.2. The topological polar surface area (TPSA) is 26.3 Å². The molecule has 15 heavy (non-hydrogen) atoms. The Hall–Kier alpha value is -0.790. The van der Waals surface area contributed by atoms with E-state index in [1.807, 2.05) is 0 Å². The van der Waals surface area contributed by atoms with Gasteiger partial charge in [0.2, 0.25) is 0 Å². The molecule has 0 fully saturated rings. The van der Waals surface area contributed by atoms with Crippen molar-refractivity contribution >= 4 is 5.97 Å². The number of allylic oxidation sites excluding steroid dienone is 2. The molecule has 0 bridgehead atoms. The number of esters is 1. The normalized spacial score (nSPS) is 10.8. The van der Waals surface area contributed by atoms with Crippen LogP contribution in [-0.4, -0.2) is 12.6 Å². The summed E-state index contributed by atoms with van der Waals surface area (Å²) in [7, 11) is 0. The van der Waals surface area contributed by atoms with E-state index in [-0.39, 0.29) is 5.97 Å². The van der Waals surface area contributed by atoms with Crippen LogP contribution >= 0.6 is 0 Å². The molecule has 2 nitrogen and oxygen atoms in total. The molecule has 0 N–H and O–H groups in total. The molecule has 88 valence electrons. The van der Waals surface area contributed by atoms with Gasteiger partial charge in [-0.25, -0.2) is 0 Å². The largest absolute Gasteiger partial charge is 0.466 e. The summed E-state index contributed by atoms with van der Waals surface area (Å²) in [5.41, 5.74) is 0. The summed E-state index contributed by atoms with van der Waals surface area (Å²) < 4.78 is 5.05. The average Bonchev–Trinajstić information content (AvgIpc) is 2.23. The van der Waals surface area contributed by atoms with Crippen LogP contribution in [-0.2, 0) is 9.53 Å². The van der Waals surface area contributed by atoms with E-state index in [0.29, 0.717) is 13.0 Å². The first-order valence-corrected chi connectivity index (χ1v) is 6.11. The summed E-state index contributed by atoms with van der Waals surface area (Å²) >= 11 is 0. The Kier molecular flexibility index (Phi) is 10.7. The van der Waals surface area contributed by atoms with Gasteiger partial charge in [-0.15, -0.1) is 0 Å². The van der Waals surface area contributed by atoms with Crippen LogP contribution in [0.4, 0.5) is 0 Å². The summed E-state index contributed by atoms with van der Waals surface area (Å²) in [6.07, 6.45) is 11.2. The molecular formula is C13H24O2. The van der Waals surface area contributed by atoms with Crippen molar-refractivity contribution in [2.24, 2.45) is 0 Å². The quantitative estimate of drug-likeness (QED) is 0.329. The lowest BCUT2D eigenvalue weighted by Gasteiger charge is -2.02. The van der Waals surface area contributed by atoms with E-state index in [4.69, 9.17) is 4.74 Å². The summed E-state index contributed by atoms with van der Waals surface area (Å²) in [5.74, 6) is -0.0390. The molecule has 0 aromatic carbocycles. The predicted molar refractivity (Wildman–Crippen MR) is 63.8 cm³/mol. The Morgan fingerprint density at radius 3 is 2.60 bits per heavy atom. The van der Waals surface area contributed by atoms with E-state index in [0.717, 1.165) is 38.5 Å². The maximum absolute atomic E-state index is 11.2. The highest BCUT2D eigenvalue weighted by Gasteiger charge is 2.00. The number of carbonyl (C=O) groups is 1. The second kappa shape index (κ2) is 11.3. The van der Waals surface area contributed by atoms with Crippen molar-refractivity contribution in [2.45, 2.75) is 58.8 Å². The minimum Gasteiger partial charge on any atom is -0.466 e. The van der Waals surface area contributed by atoms with Gasteiger partial charge in [-0.05, 0) is 32.1 Å². The van der Waals surface area contributed by atoms with Gasteiger partial charge in [0, 0.05) is 6.42 Å². The summed E-state index contributed by atoms with van der Waals surface area (Å²) in [5, 5.41) is 0. The van der Waals surface area contributed by atoms with Gasteiger partial charge >= 0.3 is 5.97 Å². The van der Waals surface area contributed by atoms with Gasteiger partial charge < -0.3 is 4.74 Å². The zero-order valence-electron chi connectivity index (χ0n) is 10.1. The first-order valence-electron chi connectivity index (χ1n) is 6.11. The molecule has 0 rings (SSSR count). The van der Waals surface area contributed by atoms with Crippen molar-refractivity contribution in [3.8, 4) is 0 Å². The van der Waals surface area contributed by atoms with Crippen LogP contribution in [0, 0.1) is 0 Å². The lowest BCUT2D eigenvalue weighted by Crippen LogP contribution is -2.05. The average molecular weight is 212 g/mol. The van der Waals surface area contributed by atoms with Gasteiger partial charge in [0.05, 0.1) is 6.61 Å². The maximum atomic E-state index is 11.2. The Labute approximate surface area is 93.7 Å². The number of unbranched alkanes of at least 4 members (excludes halogenated alkanes) is 3. The number of ether oxygens (including phenoxy) is 1. The smallest absolute Gasteiger partial charge is 0.305 e. The number of hydrogen-bond acceptors (Lipinski definition) is 2. The molecule has 0 aliphatic heterocycles. The molecule has 0 atom stereocenters. The van der Waals surface area contributed by atoms with Crippen LogP contribution in [0.15, 0.2) is 12.2 Å². The van der Waals surface area contributed by atoms with Gasteiger partial charge in [-0.2, -0.15) is 0 Å². The van der Waals surface area contributed by atoms with E-state index < -0.39 is 0 Å². The monoisotopic (exact) mass is 212 g/mol. The highest BCUT2D eigenvalue weighted by molar-refractivity contribution is 5.69. The van der Waals surface area contributed by atoms with Crippen molar-refractivity contribution in [3.05, 3.63) is 12.2 Å². The Morgan fingerprint density at radius 1 is 1.13 bits per heavy atom. The SMILES string of the molecule is CC/C=C/CCCCC(=O)OCCCC. The van der Waals surface area contributed by atoms with Crippen molar-refractivity contribution in [1.29, 1.82) is 0 Å². The van der Waals surface area contributed by atoms with Crippen LogP contribution in [0.3, 0.4) is 0 Å². The minimum atomic E-state index is -0.0390. The summed E-state index contributed by atoms with van der Waals surface area (Å²) in [6, 6.07) is 0. The Morgan fingerprint density at radius 2 is 1.93 bits per heavy atom. The van der Waals surface area contributed by atoms with Crippen molar-refractivity contribution in [2.75, 3.05) is 6.61 Å². The Balaban J connectivity index is 3.20. The molecule has 0 radical (unpaired) electrons. The fourth-order valence-corrected chi connectivity index (χ4v) is 1.22. The van der Waals surface area contributed by atoms with E-state index >= 15 is 0 Å². The van der Waals surface area contributed by atoms with Crippen molar-refractivity contribution in [3.63, 3.8) is 0 Å². The third kappa shape index (κ3) is 11.1. The maximum Gasteiger partial charge on any atom is 0.305 e. The fourth-order valence-electron chi connectivity index (χ4n) is 1.22. The molecule has 0 saturated heterocycles. The Bertz CT molecular complexity index is 173. The van der Waals surface area contributed by atoms with Crippen LogP contribution in [0.2, 0.25) is 0 Å². The number of hydrogen-bond donors (Lipinski definition) is 0. The third-order valence-corrected chi connectivity index (χ3v) is 2.17. The first kappa shape index (κ1) is 14.2. The summed E-state index contributed by atoms with van der Waals surface area (Å²) in [6.45, 7) is 4.81.